The van der Waals surface area contributed by atoms with Crippen LogP contribution in [0, 0.1) is 0 Å². The Morgan fingerprint density at radius 2 is 1.95 bits per heavy atom. The first-order valence-corrected chi connectivity index (χ1v) is 7.66. The van der Waals surface area contributed by atoms with E-state index < -0.39 is 0 Å². The normalized spacial score (nSPS) is 20.0. The molecule has 7 heteroatoms. The number of rotatable bonds is 3. The quantitative estimate of drug-likeness (QED) is 0.830. The summed E-state index contributed by atoms with van der Waals surface area (Å²) in [5.74, 6) is 0.942. The summed E-state index contributed by atoms with van der Waals surface area (Å²) in [5, 5.41) is 7.50. The van der Waals surface area contributed by atoms with Gasteiger partial charge in [-0.2, -0.15) is 0 Å². The van der Waals surface area contributed by atoms with Crippen LogP contribution in [0.3, 0.4) is 0 Å². The highest BCUT2D eigenvalue weighted by atomic mass is 35.5. The van der Waals surface area contributed by atoms with Crippen molar-refractivity contribution in [3.8, 4) is 0 Å². The maximum absolute atomic E-state index is 6.17. The van der Waals surface area contributed by atoms with Crippen LogP contribution in [0.15, 0.2) is 12.1 Å². The number of hydrogen-bond donors (Lipinski definition) is 2. The van der Waals surface area contributed by atoms with Crippen molar-refractivity contribution < 1.29 is 4.74 Å². The predicted octanol–water partition coefficient (Wildman–Crippen LogP) is 2.16. The van der Waals surface area contributed by atoms with Crippen molar-refractivity contribution in [3.05, 3.63) is 17.3 Å². The maximum atomic E-state index is 6.17. The molecule has 3 rings (SSSR count). The van der Waals surface area contributed by atoms with Crippen LogP contribution in [-0.4, -0.2) is 50.4 Å². The molecule has 0 radical (unpaired) electrons. The molecule has 0 bridgehead atoms. The Bertz CT molecular complexity index is 449. The zero-order valence-corrected chi connectivity index (χ0v) is 13.6. The molecule has 0 spiro atoms. The van der Waals surface area contributed by atoms with Crippen molar-refractivity contribution in [1.29, 1.82) is 0 Å². The van der Waals surface area contributed by atoms with E-state index in [0.29, 0.717) is 11.2 Å². The summed E-state index contributed by atoms with van der Waals surface area (Å²) in [6.45, 7) is 5.41. The Balaban J connectivity index is 0.00000161. The molecule has 3 heterocycles. The third-order valence-electron chi connectivity index (χ3n) is 3.83. The molecular weight excluding hydrogens is 311 g/mol. The average molecular weight is 333 g/mol. The second-order valence-corrected chi connectivity index (χ2v) is 5.69. The van der Waals surface area contributed by atoms with Crippen LogP contribution in [0.4, 0.5) is 11.5 Å². The van der Waals surface area contributed by atoms with Crippen LogP contribution < -0.4 is 15.5 Å². The molecule has 0 saturated carbocycles. The molecule has 0 amide bonds. The molecule has 5 nitrogen and oxygen atoms in total. The summed E-state index contributed by atoms with van der Waals surface area (Å²) in [5.41, 5.74) is 1.07. The van der Waals surface area contributed by atoms with Crippen molar-refractivity contribution in [2.75, 3.05) is 49.6 Å². The third-order valence-corrected chi connectivity index (χ3v) is 4.02. The lowest BCUT2D eigenvalue weighted by Crippen LogP contribution is -2.37. The fraction of sp³-hybridized carbons (Fsp3) is 0.643. The molecule has 21 heavy (non-hydrogen) atoms. The minimum Gasteiger partial charge on any atom is -0.382 e. The van der Waals surface area contributed by atoms with Gasteiger partial charge in [0.1, 0.15) is 11.0 Å². The molecule has 2 aliphatic heterocycles. The van der Waals surface area contributed by atoms with Crippen molar-refractivity contribution in [1.82, 2.24) is 10.3 Å². The van der Waals surface area contributed by atoms with Gasteiger partial charge in [-0.05, 0) is 32.0 Å². The smallest absolute Gasteiger partial charge is 0.133 e. The molecular formula is C14H22Cl2N4O. The zero-order valence-electron chi connectivity index (χ0n) is 12.0. The first-order valence-electron chi connectivity index (χ1n) is 7.29. The third kappa shape index (κ3) is 4.61. The van der Waals surface area contributed by atoms with Crippen LogP contribution >= 0.6 is 24.0 Å². The van der Waals surface area contributed by atoms with Gasteiger partial charge < -0.3 is 20.3 Å². The van der Waals surface area contributed by atoms with E-state index in [4.69, 9.17) is 16.3 Å². The number of halogens is 2. The second kappa shape index (κ2) is 8.03. The number of nitrogens with zero attached hydrogens (tertiary/aromatic N) is 2. The van der Waals surface area contributed by atoms with Crippen LogP contribution in [-0.2, 0) is 4.74 Å². The Labute approximate surface area is 136 Å². The molecule has 2 fully saturated rings. The number of hydrogen-bond acceptors (Lipinski definition) is 5. The lowest BCUT2D eigenvalue weighted by atomic mass is 10.1. The number of pyridine rings is 1. The molecule has 0 aromatic carbocycles. The number of morpholine rings is 1. The highest BCUT2D eigenvalue weighted by Crippen LogP contribution is 2.24. The van der Waals surface area contributed by atoms with E-state index in [1.54, 1.807) is 0 Å². The maximum Gasteiger partial charge on any atom is 0.133 e. The molecule has 1 aromatic rings. The lowest BCUT2D eigenvalue weighted by molar-refractivity contribution is 0.122. The Hall–Kier alpha value is -0.750. The van der Waals surface area contributed by atoms with Crippen LogP contribution in [0.1, 0.15) is 12.8 Å². The average Bonchev–Trinajstić information content (AvgIpc) is 2.49. The van der Waals surface area contributed by atoms with E-state index in [9.17, 15) is 0 Å². The molecule has 2 saturated heterocycles. The van der Waals surface area contributed by atoms with Gasteiger partial charge in [0.25, 0.3) is 0 Å². The summed E-state index contributed by atoms with van der Waals surface area (Å²) < 4.78 is 5.38. The molecule has 0 aliphatic carbocycles. The lowest BCUT2D eigenvalue weighted by Gasteiger charge is -2.29. The predicted molar refractivity (Wildman–Crippen MR) is 89.0 cm³/mol. The van der Waals surface area contributed by atoms with Crippen LogP contribution in [0.2, 0.25) is 5.15 Å². The Morgan fingerprint density at radius 3 is 2.67 bits per heavy atom. The highest BCUT2D eigenvalue weighted by molar-refractivity contribution is 6.29. The number of ether oxygens (including phenoxy) is 1. The largest absolute Gasteiger partial charge is 0.382 e. The topological polar surface area (TPSA) is 49.4 Å². The Morgan fingerprint density at radius 1 is 1.24 bits per heavy atom. The standard InChI is InChI=1S/C14H21ClN4O.ClH/c15-13-9-12(17-11-1-3-16-4-2-11)10-14(18-13)19-5-7-20-8-6-19;/h9-11,16H,1-8H2,(H,17,18);1H. The molecule has 2 aliphatic rings. The number of anilines is 2. The minimum absolute atomic E-state index is 0. The summed E-state index contributed by atoms with van der Waals surface area (Å²) >= 11 is 6.17. The fourth-order valence-electron chi connectivity index (χ4n) is 2.72. The van der Waals surface area contributed by atoms with E-state index >= 15 is 0 Å². The summed E-state index contributed by atoms with van der Waals surface area (Å²) in [7, 11) is 0. The van der Waals surface area contributed by atoms with E-state index in [2.05, 4.69) is 26.6 Å². The van der Waals surface area contributed by atoms with E-state index in [1.165, 1.54) is 0 Å². The zero-order chi connectivity index (χ0) is 13.8. The van der Waals surface area contributed by atoms with Gasteiger partial charge in [-0.1, -0.05) is 11.6 Å². The van der Waals surface area contributed by atoms with E-state index in [-0.39, 0.29) is 12.4 Å². The van der Waals surface area contributed by atoms with Gasteiger partial charge in [-0.15, -0.1) is 12.4 Å². The first-order chi connectivity index (χ1) is 9.81. The van der Waals surface area contributed by atoms with Crippen molar-refractivity contribution in [2.45, 2.75) is 18.9 Å². The second-order valence-electron chi connectivity index (χ2n) is 5.30. The van der Waals surface area contributed by atoms with Crippen LogP contribution in [0.25, 0.3) is 0 Å². The van der Waals surface area contributed by atoms with Gasteiger partial charge in [0.05, 0.1) is 13.2 Å². The fourth-order valence-corrected chi connectivity index (χ4v) is 2.93. The van der Waals surface area contributed by atoms with Crippen LogP contribution in [0.5, 0.6) is 0 Å². The monoisotopic (exact) mass is 332 g/mol. The van der Waals surface area contributed by atoms with E-state index in [1.807, 2.05) is 6.07 Å². The molecule has 2 N–H and O–H groups in total. The number of nitrogens with one attached hydrogen (secondary N) is 2. The van der Waals surface area contributed by atoms with Gasteiger partial charge in [-0.25, -0.2) is 4.98 Å². The summed E-state index contributed by atoms with van der Waals surface area (Å²) in [6.07, 6.45) is 2.29. The van der Waals surface area contributed by atoms with Gasteiger partial charge >= 0.3 is 0 Å². The summed E-state index contributed by atoms with van der Waals surface area (Å²) in [4.78, 5) is 6.66. The number of aromatic nitrogens is 1. The molecule has 1 aromatic heterocycles. The highest BCUT2D eigenvalue weighted by Gasteiger charge is 2.16. The van der Waals surface area contributed by atoms with E-state index in [0.717, 1.165) is 63.7 Å². The minimum atomic E-state index is 0. The number of piperidine rings is 1. The SMILES string of the molecule is Cl.Clc1cc(NC2CCNCC2)cc(N2CCOCC2)n1. The first kappa shape index (κ1) is 16.6. The van der Waals surface area contributed by atoms with Crippen molar-refractivity contribution >= 4 is 35.5 Å². The molecule has 0 unspecified atom stereocenters. The summed E-state index contributed by atoms with van der Waals surface area (Å²) in [6, 6.07) is 4.53. The van der Waals surface area contributed by atoms with Crippen molar-refractivity contribution in [2.24, 2.45) is 0 Å². The van der Waals surface area contributed by atoms with Crippen molar-refractivity contribution in [3.63, 3.8) is 0 Å². The Kier molecular flexibility index (Phi) is 6.36. The van der Waals surface area contributed by atoms with Gasteiger partial charge in [0.15, 0.2) is 0 Å². The molecule has 0 atom stereocenters. The molecule has 118 valence electrons. The van der Waals surface area contributed by atoms with Gasteiger partial charge in [0, 0.05) is 30.9 Å². The van der Waals surface area contributed by atoms with Gasteiger partial charge in [-0.3, -0.25) is 0 Å². The van der Waals surface area contributed by atoms with Gasteiger partial charge in [0.2, 0.25) is 0 Å².